The van der Waals surface area contributed by atoms with E-state index in [1.165, 1.54) is 17.5 Å². The molecular weight excluding hydrogens is 290 g/mol. The van der Waals surface area contributed by atoms with E-state index in [9.17, 15) is 4.79 Å². The van der Waals surface area contributed by atoms with Gasteiger partial charge >= 0.3 is 6.01 Å². The van der Waals surface area contributed by atoms with Crippen LogP contribution in [-0.2, 0) is 0 Å². The topological polar surface area (TPSA) is 93.8 Å². The predicted octanol–water partition coefficient (Wildman–Crippen LogP) is 2.46. The molecule has 3 aromatic rings. The molecular formula is C13H11N5O2S. The molecule has 0 bridgehead atoms. The molecule has 0 unspecified atom stereocenters. The van der Waals surface area contributed by atoms with Gasteiger partial charge in [-0.2, -0.15) is 0 Å². The number of hydrogen-bond acceptors (Lipinski definition) is 7. The average Bonchev–Trinajstić information content (AvgIpc) is 3.06. The number of hydrogen-bond donors (Lipinski definition) is 1. The van der Waals surface area contributed by atoms with E-state index in [1.54, 1.807) is 18.3 Å². The van der Waals surface area contributed by atoms with Gasteiger partial charge in [0.15, 0.2) is 0 Å². The van der Waals surface area contributed by atoms with Crippen molar-refractivity contribution >= 4 is 23.3 Å². The highest BCUT2D eigenvalue weighted by Gasteiger charge is 2.16. The summed E-state index contributed by atoms with van der Waals surface area (Å²) in [5.74, 6) is -0.00454. The number of amides is 1. The number of carbonyl (C=O) groups excluding carboxylic acids is 1. The van der Waals surface area contributed by atoms with Crippen molar-refractivity contribution in [3.05, 3.63) is 40.8 Å². The number of thiazole rings is 1. The van der Waals surface area contributed by atoms with Crippen molar-refractivity contribution in [2.75, 3.05) is 5.32 Å². The molecule has 7 nitrogen and oxygen atoms in total. The minimum Gasteiger partial charge on any atom is -0.402 e. The Morgan fingerprint density at radius 3 is 2.86 bits per heavy atom. The lowest BCUT2D eigenvalue weighted by molar-refractivity contribution is 0.102. The summed E-state index contributed by atoms with van der Waals surface area (Å²) in [6.07, 6.45) is 3.06. The summed E-state index contributed by atoms with van der Waals surface area (Å²) >= 11 is 1.47. The molecule has 8 heteroatoms. The van der Waals surface area contributed by atoms with Gasteiger partial charge in [-0.15, -0.1) is 16.4 Å². The maximum Gasteiger partial charge on any atom is 0.322 e. The summed E-state index contributed by atoms with van der Waals surface area (Å²) in [6.45, 7) is 3.78. The Morgan fingerprint density at radius 2 is 2.19 bits per heavy atom. The Hall–Kier alpha value is -2.61. The summed E-state index contributed by atoms with van der Waals surface area (Å²) < 4.78 is 5.45. The van der Waals surface area contributed by atoms with Gasteiger partial charge in [-0.3, -0.25) is 15.1 Å². The minimum absolute atomic E-state index is 0.0457. The van der Waals surface area contributed by atoms with Crippen molar-refractivity contribution in [3.8, 4) is 10.8 Å². The Labute approximate surface area is 124 Å². The maximum atomic E-state index is 11.9. The highest BCUT2D eigenvalue weighted by atomic mass is 32.1. The molecule has 0 aromatic carbocycles. The first kappa shape index (κ1) is 13.4. The van der Waals surface area contributed by atoms with Gasteiger partial charge in [0.25, 0.3) is 11.8 Å². The highest BCUT2D eigenvalue weighted by Crippen LogP contribution is 2.29. The number of aromatic nitrogens is 4. The zero-order chi connectivity index (χ0) is 14.8. The van der Waals surface area contributed by atoms with Crippen LogP contribution in [0.4, 0.5) is 6.01 Å². The van der Waals surface area contributed by atoms with E-state index >= 15 is 0 Å². The quantitative estimate of drug-likeness (QED) is 0.798. The molecule has 1 amide bonds. The number of nitrogens with one attached hydrogen (secondary N) is 1. The molecule has 0 aliphatic rings. The zero-order valence-electron chi connectivity index (χ0n) is 11.3. The molecule has 21 heavy (non-hydrogen) atoms. The van der Waals surface area contributed by atoms with Crippen molar-refractivity contribution in [2.45, 2.75) is 13.8 Å². The molecule has 3 aromatic heterocycles. The summed E-state index contributed by atoms with van der Waals surface area (Å²) in [5, 5.41) is 11.2. The van der Waals surface area contributed by atoms with E-state index < -0.39 is 0 Å². The van der Waals surface area contributed by atoms with Crippen LogP contribution in [-0.4, -0.2) is 26.1 Å². The molecule has 106 valence electrons. The number of carbonyl (C=O) groups is 1. The standard InChI is InChI=1S/C13H11N5O2S/c1-7-10(21-8(2)15-7)12-17-18-13(20-12)16-11(19)9-4-3-5-14-6-9/h3-6H,1-2H3,(H,16,18,19). The van der Waals surface area contributed by atoms with Gasteiger partial charge in [0.1, 0.15) is 4.88 Å². The third-order valence-corrected chi connectivity index (χ3v) is 3.73. The van der Waals surface area contributed by atoms with Crippen LogP contribution in [0.5, 0.6) is 0 Å². The van der Waals surface area contributed by atoms with Crippen LogP contribution in [0.3, 0.4) is 0 Å². The lowest BCUT2D eigenvalue weighted by atomic mass is 10.3. The molecule has 0 saturated heterocycles. The monoisotopic (exact) mass is 301 g/mol. The first-order chi connectivity index (χ1) is 10.1. The number of pyridine rings is 1. The fourth-order valence-corrected chi connectivity index (χ4v) is 2.60. The van der Waals surface area contributed by atoms with E-state index in [4.69, 9.17) is 4.42 Å². The number of aryl methyl sites for hydroxylation is 2. The molecule has 0 aliphatic heterocycles. The van der Waals surface area contributed by atoms with Gasteiger partial charge in [-0.05, 0) is 26.0 Å². The molecule has 0 atom stereocenters. The summed E-state index contributed by atoms with van der Waals surface area (Å²) in [4.78, 5) is 20.9. The SMILES string of the molecule is Cc1nc(C)c(-c2nnc(NC(=O)c3cccnc3)o2)s1. The van der Waals surface area contributed by atoms with E-state index in [1.807, 2.05) is 13.8 Å². The van der Waals surface area contributed by atoms with E-state index in [2.05, 4.69) is 25.5 Å². The molecule has 3 heterocycles. The summed E-state index contributed by atoms with van der Waals surface area (Å²) in [7, 11) is 0. The summed E-state index contributed by atoms with van der Waals surface area (Å²) in [6, 6.07) is 3.37. The van der Waals surface area contributed by atoms with Crippen molar-refractivity contribution in [2.24, 2.45) is 0 Å². The highest BCUT2D eigenvalue weighted by molar-refractivity contribution is 7.15. The van der Waals surface area contributed by atoms with Crippen LogP contribution in [0.25, 0.3) is 10.8 Å². The Kier molecular flexibility index (Phi) is 3.44. The molecule has 0 fully saturated rings. The first-order valence-corrected chi connectivity index (χ1v) is 6.94. The van der Waals surface area contributed by atoms with Gasteiger partial charge in [0.2, 0.25) is 0 Å². The largest absolute Gasteiger partial charge is 0.402 e. The Morgan fingerprint density at radius 1 is 1.33 bits per heavy atom. The molecule has 0 radical (unpaired) electrons. The fraction of sp³-hybridized carbons (Fsp3) is 0.154. The smallest absolute Gasteiger partial charge is 0.322 e. The third kappa shape index (κ3) is 2.79. The van der Waals surface area contributed by atoms with Crippen LogP contribution in [0.1, 0.15) is 21.1 Å². The lowest BCUT2D eigenvalue weighted by Crippen LogP contribution is -2.12. The summed E-state index contributed by atoms with van der Waals surface area (Å²) in [5.41, 5.74) is 1.24. The first-order valence-electron chi connectivity index (χ1n) is 6.13. The van der Waals surface area contributed by atoms with Crippen molar-refractivity contribution in [3.63, 3.8) is 0 Å². The number of nitrogens with zero attached hydrogens (tertiary/aromatic N) is 4. The second kappa shape index (κ2) is 5.41. The zero-order valence-corrected chi connectivity index (χ0v) is 12.1. The number of anilines is 1. The van der Waals surface area contributed by atoms with Crippen molar-refractivity contribution < 1.29 is 9.21 Å². The van der Waals surface area contributed by atoms with Crippen LogP contribution in [0.15, 0.2) is 28.9 Å². The Balaban J connectivity index is 1.80. The van der Waals surface area contributed by atoms with Crippen molar-refractivity contribution in [1.82, 2.24) is 20.2 Å². The van der Waals surface area contributed by atoms with Gasteiger partial charge in [0, 0.05) is 12.4 Å². The van der Waals surface area contributed by atoms with E-state index in [-0.39, 0.29) is 11.9 Å². The third-order valence-electron chi connectivity index (χ3n) is 2.67. The molecule has 0 saturated carbocycles. The van der Waals surface area contributed by atoms with Crippen molar-refractivity contribution in [1.29, 1.82) is 0 Å². The van der Waals surface area contributed by atoms with Gasteiger partial charge in [0.05, 0.1) is 16.3 Å². The van der Waals surface area contributed by atoms with Crippen LogP contribution < -0.4 is 5.32 Å². The molecule has 1 N–H and O–H groups in total. The van der Waals surface area contributed by atoms with Gasteiger partial charge in [-0.1, -0.05) is 5.10 Å². The predicted molar refractivity (Wildman–Crippen MR) is 77.1 cm³/mol. The van der Waals surface area contributed by atoms with Gasteiger partial charge < -0.3 is 4.42 Å². The number of rotatable bonds is 3. The van der Waals surface area contributed by atoms with Crippen LogP contribution in [0, 0.1) is 13.8 Å². The van der Waals surface area contributed by atoms with E-state index in [0.29, 0.717) is 11.5 Å². The minimum atomic E-state index is -0.351. The Bertz CT molecular complexity index is 781. The normalized spacial score (nSPS) is 10.6. The van der Waals surface area contributed by atoms with E-state index in [0.717, 1.165) is 15.6 Å². The second-order valence-corrected chi connectivity index (χ2v) is 5.46. The van der Waals surface area contributed by atoms with Crippen LogP contribution >= 0.6 is 11.3 Å². The molecule has 0 aliphatic carbocycles. The molecule has 0 spiro atoms. The fourth-order valence-electron chi connectivity index (χ4n) is 1.76. The van der Waals surface area contributed by atoms with Gasteiger partial charge in [-0.25, -0.2) is 4.98 Å². The average molecular weight is 301 g/mol. The lowest BCUT2D eigenvalue weighted by Gasteiger charge is -1.98. The maximum absolute atomic E-state index is 11.9. The van der Waals surface area contributed by atoms with Crippen LogP contribution in [0.2, 0.25) is 0 Å². The molecule has 3 rings (SSSR count). The second-order valence-electron chi connectivity index (χ2n) is 4.26.